The number of carboxylic acids is 1. The lowest BCUT2D eigenvalue weighted by atomic mass is 9.84. The Bertz CT molecular complexity index is 544. The Morgan fingerprint density at radius 1 is 1.38 bits per heavy atom. The number of nitro groups is 1. The third-order valence-electron chi connectivity index (χ3n) is 3.87. The summed E-state index contributed by atoms with van der Waals surface area (Å²) in [5.74, 6) is -1.01. The number of aliphatic carboxylic acids is 1. The van der Waals surface area contributed by atoms with Crippen LogP contribution < -0.4 is 5.32 Å². The van der Waals surface area contributed by atoms with E-state index in [-0.39, 0.29) is 22.3 Å². The van der Waals surface area contributed by atoms with Crippen LogP contribution in [0, 0.1) is 16.0 Å². The maximum atomic E-state index is 11.5. The predicted molar refractivity (Wildman–Crippen MR) is 79.7 cm³/mol. The van der Waals surface area contributed by atoms with Crippen LogP contribution in [0.4, 0.5) is 11.4 Å². The average molecular weight is 313 g/mol. The van der Waals surface area contributed by atoms with Crippen molar-refractivity contribution in [1.82, 2.24) is 0 Å². The van der Waals surface area contributed by atoms with Gasteiger partial charge in [-0.15, -0.1) is 0 Å². The first-order chi connectivity index (χ1) is 10.0. The van der Waals surface area contributed by atoms with Crippen LogP contribution in [0.25, 0.3) is 0 Å². The lowest BCUT2D eigenvalue weighted by molar-refractivity contribution is -0.383. The molecule has 1 atom stereocenters. The third kappa shape index (κ3) is 3.64. The predicted octanol–water partition coefficient (Wildman–Crippen LogP) is 3.69. The standard InChI is InChI=1S/C14H17ClN2O4/c15-10-7-4-8-11(13(10)17(20)21)16-12(14(18)19)9-5-2-1-3-6-9/h4,7-9,12,16H,1-3,5-6H2,(H,18,19). The number of halogens is 1. The van der Waals surface area contributed by atoms with Crippen LogP contribution in [0.3, 0.4) is 0 Å². The molecule has 1 aromatic rings. The molecule has 7 heteroatoms. The van der Waals surface area contributed by atoms with E-state index < -0.39 is 16.9 Å². The molecule has 0 saturated heterocycles. The maximum Gasteiger partial charge on any atom is 0.326 e. The van der Waals surface area contributed by atoms with Gasteiger partial charge in [0.15, 0.2) is 0 Å². The molecule has 1 aromatic carbocycles. The number of hydrogen-bond acceptors (Lipinski definition) is 4. The molecular weight excluding hydrogens is 296 g/mol. The minimum Gasteiger partial charge on any atom is -0.480 e. The van der Waals surface area contributed by atoms with Gasteiger partial charge in [0, 0.05) is 0 Å². The minimum absolute atomic E-state index is 0.00205. The number of benzene rings is 1. The molecule has 0 aromatic heterocycles. The number of rotatable bonds is 5. The van der Waals surface area contributed by atoms with Crippen LogP contribution in [-0.2, 0) is 4.79 Å². The highest BCUT2D eigenvalue weighted by Gasteiger charge is 2.31. The van der Waals surface area contributed by atoms with Crippen LogP contribution >= 0.6 is 11.6 Å². The van der Waals surface area contributed by atoms with E-state index in [1.165, 1.54) is 12.1 Å². The van der Waals surface area contributed by atoms with Gasteiger partial charge in [0.1, 0.15) is 16.8 Å². The minimum atomic E-state index is -0.990. The van der Waals surface area contributed by atoms with Crippen molar-refractivity contribution in [2.75, 3.05) is 5.32 Å². The monoisotopic (exact) mass is 312 g/mol. The van der Waals surface area contributed by atoms with Crippen LogP contribution in [-0.4, -0.2) is 22.0 Å². The number of carboxylic acid groups (broad SMARTS) is 1. The van der Waals surface area contributed by atoms with Crippen molar-refractivity contribution in [3.05, 3.63) is 33.3 Å². The van der Waals surface area contributed by atoms with Crippen molar-refractivity contribution in [3.8, 4) is 0 Å². The van der Waals surface area contributed by atoms with Crippen molar-refractivity contribution in [2.45, 2.75) is 38.1 Å². The molecule has 0 heterocycles. The quantitative estimate of drug-likeness (QED) is 0.639. The summed E-state index contributed by atoms with van der Waals surface area (Å²) in [6, 6.07) is 3.64. The number of anilines is 1. The first-order valence-electron chi connectivity index (χ1n) is 6.93. The number of hydrogen-bond donors (Lipinski definition) is 2. The molecule has 2 N–H and O–H groups in total. The summed E-state index contributed by atoms with van der Waals surface area (Å²) in [5, 5.41) is 23.3. The zero-order chi connectivity index (χ0) is 15.4. The number of nitro benzene ring substituents is 1. The highest BCUT2D eigenvalue weighted by atomic mass is 35.5. The van der Waals surface area contributed by atoms with Crippen LogP contribution in [0.2, 0.25) is 5.02 Å². The second kappa shape index (κ2) is 6.76. The first kappa shape index (κ1) is 15.6. The highest BCUT2D eigenvalue weighted by Crippen LogP contribution is 2.35. The summed E-state index contributed by atoms with van der Waals surface area (Å²) >= 11 is 5.84. The molecule has 0 radical (unpaired) electrons. The van der Waals surface area contributed by atoms with E-state index in [0.29, 0.717) is 0 Å². The van der Waals surface area contributed by atoms with Gasteiger partial charge in [-0.05, 0) is 30.9 Å². The molecule has 6 nitrogen and oxygen atoms in total. The Kier molecular flexibility index (Phi) is 5.01. The molecule has 1 saturated carbocycles. The summed E-state index contributed by atoms with van der Waals surface area (Å²) in [7, 11) is 0. The van der Waals surface area contributed by atoms with E-state index in [1.54, 1.807) is 6.07 Å². The van der Waals surface area contributed by atoms with E-state index in [2.05, 4.69) is 5.32 Å². The van der Waals surface area contributed by atoms with Crippen LogP contribution in [0.5, 0.6) is 0 Å². The van der Waals surface area contributed by atoms with E-state index in [0.717, 1.165) is 32.1 Å². The summed E-state index contributed by atoms with van der Waals surface area (Å²) in [4.78, 5) is 22.0. The Balaban J connectivity index is 2.27. The first-order valence-corrected chi connectivity index (χ1v) is 7.30. The van der Waals surface area contributed by atoms with E-state index in [4.69, 9.17) is 11.6 Å². The fraction of sp³-hybridized carbons (Fsp3) is 0.500. The number of carbonyl (C=O) groups is 1. The molecule has 0 spiro atoms. The topological polar surface area (TPSA) is 92.5 Å². The van der Waals surface area contributed by atoms with E-state index in [9.17, 15) is 20.0 Å². The number of para-hydroxylation sites is 1. The molecule has 1 fully saturated rings. The molecule has 114 valence electrons. The van der Waals surface area contributed by atoms with Crippen molar-refractivity contribution >= 4 is 28.9 Å². The SMILES string of the molecule is O=C(O)C(Nc1cccc(Cl)c1[N+](=O)[O-])C1CCCCC1. The number of nitrogens with zero attached hydrogens (tertiary/aromatic N) is 1. The lowest BCUT2D eigenvalue weighted by Crippen LogP contribution is -2.38. The van der Waals surface area contributed by atoms with Crippen molar-refractivity contribution < 1.29 is 14.8 Å². The van der Waals surface area contributed by atoms with Gasteiger partial charge in [-0.3, -0.25) is 10.1 Å². The van der Waals surface area contributed by atoms with Crippen LogP contribution in [0.15, 0.2) is 18.2 Å². The Morgan fingerprint density at radius 3 is 2.62 bits per heavy atom. The summed E-state index contributed by atoms with van der Waals surface area (Å²) in [6.07, 6.45) is 4.73. The zero-order valence-corrected chi connectivity index (χ0v) is 12.2. The Labute approximate surface area is 127 Å². The summed E-state index contributed by atoms with van der Waals surface area (Å²) in [5.41, 5.74) is -0.119. The zero-order valence-electron chi connectivity index (χ0n) is 11.4. The summed E-state index contributed by atoms with van der Waals surface area (Å²) in [6.45, 7) is 0. The maximum absolute atomic E-state index is 11.5. The highest BCUT2D eigenvalue weighted by molar-refractivity contribution is 6.33. The Hall–Kier alpha value is -1.82. The van der Waals surface area contributed by atoms with Gasteiger partial charge in [0.2, 0.25) is 0 Å². The molecule has 1 aliphatic carbocycles. The third-order valence-corrected chi connectivity index (χ3v) is 4.17. The Morgan fingerprint density at radius 2 is 2.05 bits per heavy atom. The molecule has 21 heavy (non-hydrogen) atoms. The molecular formula is C14H17ClN2O4. The fourth-order valence-electron chi connectivity index (χ4n) is 2.83. The van der Waals surface area contributed by atoms with Gasteiger partial charge in [0.25, 0.3) is 0 Å². The summed E-state index contributed by atoms with van der Waals surface area (Å²) < 4.78 is 0. The molecule has 2 rings (SSSR count). The van der Waals surface area contributed by atoms with Crippen molar-refractivity contribution in [3.63, 3.8) is 0 Å². The van der Waals surface area contributed by atoms with Gasteiger partial charge in [-0.1, -0.05) is 36.9 Å². The molecule has 1 aliphatic rings. The second-order valence-electron chi connectivity index (χ2n) is 5.25. The van der Waals surface area contributed by atoms with Gasteiger partial charge in [0.05, 0.1) is 4.92 Å². The smallest absolute Gasteiger partial charge is 0.326 e. The molecule has 0 amide bonds. The van der Waals surface area contributed by atoms with Crippen LogP contribution in [0.1, 0.15) is 32.1 Å². The van der Waals surface area contributed by atoms with E-state index in [1.807, 2.05) is 0 Å². The largest absolute Gasteiger partial charge is 0.480 e. The van der Waals surface area contributed by atoms with Gasteiger partial charge < -0.3 is 10.4 Å². The normalized spacial score (nSPS) is 17.2. The molecule has 1 unspecified atom stereocenters. The molecule has 0 aliphatic heterocycles. The average Bonchev–Trinajstić information content (AvgIpc) is 2.45. The lowest BCUT2D eigenvalue weighted by Gasteiger charge is -2.28. The van der Waals surface area contributed by atoms with Crippen molar-refractivity contribution in [1.29, 1.82) is 0 Å². The second-order valence-corrected chi connectivity index (χ2v) is 5.66. The fourth-order valence-corrected chi connectivity index (χ4v) is 3.08. The molecule has 0 bridgehead atoms. The van der Waals surface area contributed by atoms with Gasteiger partial charge in [-0.25, -0.2) is 4.79 Å². The number of nitrogens with one attached hydrogen (secondary N) is 1. The van der Waals surface area contributed by atoms with E-state index >= 15 is 0 Å². The van der Waals surface area contributed by atoms with Crippen molar-refractivity contribution in [2.24, 2.45) is 5.92 Å². The van der Waals surface area contributed by atoms with Gasteiger partial charge >= 0.3 is 11.7 Å². The van der Waals surface area contributed by atoms with Gasteiger partial charge in [-0.2, -0.15) is 0 Å².